The Hall–Kier alpha value is -2.67. The van der Waals surface area contributed by atoms with Crippen molar-refractivity contribution in [3.8, 4) is 0 Å². The summed E-state index contributed by atoms with van der Waals surface area (Å²) in [4.78, 5) is 35.5. The van der Waals surface area contributed by atoms with E-state index < -0.39 is 11.9 Å². The number of hydrogen-bond donors (Lipinski definition) is 3. The Bertz CT molecular complexity index is 584. The van der Waals surface area contributed by atoms with Gasteiger partial charge in [0.15, 0.2) is 0 Å². The first-order valence-corrected chi connectivity index (χ1v) is 6.51. The molecule has 1 atom stereocenters. The first-order chi connectivity index (χ1) is 10.2. The predicted molar refractivity (Wildman–Crippen MR) is 75.1 cm³/mol. The van der Waals surface area contributed by atoms with Crippen LogP contribution in [0.2, 0.25) is 0 Å². The van der Waals surface area contributed by atoms with Crippen LogP contribution >= 0.6 is 0 Å². The first kappa shape index (κ1) is 14.7. The summed E-state index contributed by atoms with van der Waals surface area (Å²) in [6, 6.07) is 7.72. The van der Waals surface area contributed by atoms with Crippen molar-refractivity contribution in [1.29, 1.82) is 0 Å². The molecule has 7 nitrogen and oxygen atoms in total. The van der Waals surface area contributed by atoms with Gasteiger partial charge in [0, 0.05) is 11.8 Å². The van der Waals surface area contributed by atoms with Crippen molar-refractivity contribution in [2.75, 3.05) is 0 Å². The minimum absolute atomic E-state index is 0.381. The molecule has 1 aromatic carbocycles. The number of amides is 3. The fourth-order valence-corrected chi connectivity index (χ4v) is 1.72. The maximum atomic E-state index is 11.8. The van der Waals surface area contributed by atoms with Crippen LogP contribution in [0.15, 0.2) is 42.9 Å². The summed E-state index contributed by atoms with van der Waals surface area (Å²) in [6.45, 7) is 1.90. The summed E-state index contributed by atoms with van der Waals surface area (Å²) >= 11 is 0. The fraction of sp³-hybridized carbons (Fsp3) is 0.214. The standard InChI is InChI=1S/C14H16N4O3/c1-2-12(11-8-15-9-16-11)21-18-14(20)17-13(19)10-6-4-3-5-7-10/h3-9,12H,2H2,1H3,(H,15,16)(H2,17,18,19,20). The van der Waals surface area contributed by atoms with Crippen molar-refractivity contribution in [2.24, 2.45) is 0 Å². The number of H-pyrrole nitrogens is 1. The summed E-state index contributed by atoms with van der Waals surface area (Å²) in [7, 11) is 0. The largest absolute Gasteiger partial charge is 0.351 e. The first-order valence-electron chi connectivity index (χ1n) is 6.51. The summed E-state index contributed by atoms with van der Waals surface area (Å²) in [5, 5.41) is 2.18. The highest BCUT2D eigenvalue weighted by molar-refractivity contribution is 6.03. The van der Waals surface area contributed by atoms with Gasteiger partial charge in [-0.25, -0.2) is 15.3 Å². The molecule has 2 rings (SSSR count). The quantitative estimate of drug-likeness (QED) is 0.732. The minimum atomic E-state index is -0.724. The maximum absolute atomic E-state index is 11.8. The van der Waals surface area contributed by atoms with E-state index in [0.717, 1.165) is 0 Å². The Morgan fingerprint density at radius 3 is 2.71 bits per heavy atom. The minimum Gasteiger partial charge on any atom is -0.351 e. The van der Waals surface area contributed by atoms with Gasteiger partial charge in [-0.1, -0.05) is 25.1 Å². The van der Waals surface area contributed by atoms with Gasteiger partial charge in [0.05, 0.1) is 12.0 Å². The Morgan fingerprint density at radius 2 is 2.10 bits per heavy atom. The molecular weight excluding hydrogens is 272 g/mol. The number of nitrogens with one attached hydrogen (secondary N) is 3. The van der Waals surface area contributed by atoms with Gasteiger partial charge in [-0.05, 0) is 18.6 Å². The van der Waals surface area contributed by atoms with Crippen LogP contribution in [0.5, 0.6) is 0 Å². The molecule has 110 valence electrons. The van der Waals surface area contributed by atoms with Crippen molar-refractivity contribution in [1.82, 2.24) is 20.8 Å². The van der Waals surface area contributed by atoms with Crippen LogP contribution in [0, 0.1) is 0 Å². The van der Waals surface area contributed by atoms with E-state index in [0.29, 0.717) is 17.7 Å². The lowest BCUT2D eigenvalue weighted by atomic mass is 10.2. The zero-order chi connectivity index (χ0) is 15.1. The third kappa shape index (κ3) is 4.15. The number of carbonyl (C=O) groups excluding carboxylic acids is 2. The molecule has 0 aliphatic heterocycles. The Morgan fingerprint density at radius 1 is 1.33 bits per heavy atom. The van der Waals surface area contributed by atoms with Gasteiger partial charge in [-0.15, -0.1) is 0 Å². The zero-order valence-electron chi connectivity index (χ0n) is 11.5. The number of hydroxylamine groups is 1. The van der Waals surface area contributed by atoms with Gasteiger partial charge >= 0.3 is 6.03 Å². The molecule has 0 saturated carbocycles. The van der Waals surface area contributed by atoms with Crippen LogP contribution in [-0.4, -0.2) is 21.9 Å². The number of carbonyl (C=O) groups is 2. The van der Waals surface area contributed by atoms with Crippen LogP contribution in [-0.2, 0) is 4.84 Å². The maximum Gasteiger partial charge on any atom is 0.345 e. The molecule has 0 radical (unpaired) electrons. The zero-order valence-corrected chi connectivity index (χ0v) is 11.5. The van der Waals surface area contributed by atoms with Crippen molar-refractivity contribution in [3.63, 3.8) is 0 Å². The van der Waals surface area contributed by atoms with E-state index in [1.54, 1.807) is 36.5 Å². The van der Waals surface area contributed by atoms with E-state index in [1.807, 2.05) is 6.92 Å². The predicted octanol–water partition coefficient (Wildman–Crippen LogP) is 1.93. The van der Waals surface area contributed by atoms with Crippen molar-refractivity contribution in [2.45, 2.75) is 19.4 Å². The molecular formula is C14H16N4O3. The Labute approximate surface area is 121 Å². The second-order valence-electron chi connectivity index (χ2n) is 4.26. The lowest BCUT2D eigenvalue weighted by Crippen LogP contribution is -2.40. The van der Waals surface area contributed by atoms with Gasteiger partial charge in [-0.3, -0.25) is 14.9 Å². The topological polar surface area (TPSA) is 96.1 Å². The highest BCUT2D eigenvalue weighted by atomic mass is 16.7. The Balaban J connectivity index is 1.83. The highest BCUT2D eigenvalue weighted by Crippen LogP contribution is 2.16. The number of imidazole rings is 1. The molecule has 0 aliphatic carbocycles. The van der Waals surface area contributed by atoms with Crippen LogP contribution in [0.4, 0.5) is 4.79 Å². The van der Waals surface area contributed by atoms with Crippen molar-refractivity contribution >= 4 is 11.9 Å². The van der Waals surface area contributed by atoms with Crippen LogP contribution in [0.3, 0.4) is 0 Å². The number of urea groups is 1. The molecule has 1 aromatic heterocycles. The van der Waals surface area contributed by atoms with E-state index in [1.165, 1.54) is 6.33 Å². The monoisotopic (exact) mass is 288 g/mol. The van der Waals surface area contributed by atoms with Crippen LogP contribution in [0.1, 0.15) is 35.5 Å². The van der Waals surface area contributed by atoms with Crippen molar-refractivity contribution < 1.29 is 14.4 Å². The average molecular weight is 288 g/mol. The molecule has 1 heterocycles. The van der Waals surface area contributed by atoms with Gasteiger partial charge in [-0.2, -0.15) is 0 Å². The highest BCUT2D eigenvalue weighted by Gasteiger charge is 2.15. The Kier molecular flexibility index (Phi) is 5.05. The smallest absolute Gasteiger partial charge is 0.345 e. The molecule has 0 spiro atoms. The second-order valence-corrected chi connectivity index (χ2v) is 4.26. The molecule has 3 amide bonds. The van der Waals surface area contributed by atoms with E-state index in [-0.39, 0.29) is 6.10 Å². The van der Waals surface area contributed by atoms with Crippen LogP contribution < -0.4 is 10.8 Å². The van der Waals surface area contributed by atoms with Crippen molar-refractivity contribution in [3.05, 3.63) is 54.1 Å². The SMILES string of the molecule is CCC(ONC(=O)NC(=O)c1ccccc1)c1c[nH]cn1. The molecule has 2 aromatic rings. The molecule has 3 N–H and O–H groups in total. The van der Waals surface area contributed by atoms with Gasteiger partial charge < -0.3 is 4.98 Å². The normalized spacial score (nSPS) is 11.7. The molecule has 1 unspecified atom stereocenters. The second kappa shape index (κ2) is 7.20. The fourth-order valence-electron chi connectivity index (χ4n) is 1.72. The average Bonchev–Trinajstić information content (AvgIpc) is 3.03. The van der Waals surface area contributed by atoms with E-state index in [2.05, 4.69) is 20.8 Å². The number of imide groups is 1. The summed E-state index contributed by atoms with van der Waals surface area (Å²) in [6.07, 6.45) is 3.45. The number of aromatic nitrogens is 2. The lowest BCUT2D eigenvalue weighted by Gasteiger charge is -2.14. The van der Waals surface area contributed by atoms with E-state index in [4.69, 9.17) is 4.84 Å². The molecule has 0 aliphatic rings. The number of hydrogen-bond acceptors (Lipinski definition) is 4. The molecule has 0 fully saturated rings. The summed E-state index contributed by atoms with van der Waals surface area (Å²) in [5.74, 6) is -0.496. The molecule has 0 saturated heterocycles. The lowest BCUT2D eigenvalue weighted by molar-refractivity contribution is -0.00935. The molecule has 0 bridgehead atoms. The third-order valence-electron chi connectivity index (χ3n) is 2.78. The third-order valence-corrected chi connectivity index (χ3v) is 2.78. The van der Waals surface area contributed by atoms with E-state index >= 15 is 0 Å². The number of nitrogens with zero attached hydrogens (tertiary/aromatic N) is 1. The summed E-state index contributed by atoms with van der Waals surface area (Å²) < 4.78 is 0. The summed E-state index contributed by atoms with van der Waals surface area (Å²) in [5.41, 5.74) is 3.27. The molecule has 21 heavy (non-hydrogen) atoms. The number of rotatable bonds is 5. The van der Waals surface area contributed by atoms with Gasteiger partial charge in [0.25, 0.3) is 5.91 Å². The van der Waals surface area contributed by atoms with Crippen LogP contribution in [0.25, 0.3) is 0 Å². The molecule has 7 heteroatoms. The van der Waals surface area contributed by atoms with E-state index in [9.17, 15) is 9.59 Å². The number of benzene rings is 1. The van der Waals surface area contributed by atoms with Gasteiger partial charge in [0.1, 0.15) is 6.10 Å². The number of aromatic amines is 1. The van der Waals surface area contributed by atoms with Gasteiger partial charge in [0.2, 0.25) is 0 Å².